The summed E-state index contributed by atoms with van der Waals surface area (Å²) in [6.07, 6.45) is 5.79. The topological polar surface area (TPSA) is 65.5 Å². The largest absolute Gasteiger partial charge is 0.356 e. The van der Waals surface area contributed by atoms with Gasteiger partial charge in [-0.3, -0.25) is 9.79 Å². The molecule has 0 saturated heterocycles. The van der Waals surface area contributed by atoms with Gasteiger partial charge < -0.3 is 16.0 Å². The van der Waals surface area contributed by atoms with Gasteiger partial charge in [-0.1, -0.05) is 32.3 Å². The fourth-order valence-corrected chi connectivity index (χ4v) is 2.83. The number of rotatable bonds is 10. The summed E-state index contributed by atoms with van der Waals surface area (Å²) >= 11 is 1.46. The van der Waals surface area contributed by atoms with Gasteiger partial charge in [0, 0.05) is 26.2 Å². The molecule has 3 N–H and O–H groups in total. The predicted octanol–water partition coefficient (Wildman–Crippen LogP) is 3.62. The van der Waals surface area contributed by atoms with Gasteiger partial charge in [-0.2, -0.15) is 0 Å². The molecule has 1 aromatic heterocycles. The predicted molar refractivity (Wildman–Crippen MR) is 115 cm³/mol. The van der Waals surface area contributed by atoms with Crippen molar-refractivity contribution in [3.05, 3.63) is 22.4 Å². The van der Waals surface area contributed by atoms with E-state index in [1.807, 2.05) is 17.5 Å². The lowest BCUT2D eigenvalue weighted by Gasteiger charge is -2.17. The van der Waals surface area contributed by atoms with Crippen LogP contribution in [0.25, 0.3) is 0 Å². The number of hydrogen-bond donors (Lipinski definition) is 3. The molecule has 1 aromatic rings. The molecule has 1 heterocycles. The summed E-state index contributed by atoms with van der Waals surface area (Å²) in [5.41, 5.74) is 0. The summed E-state index contributed by atoms with van der Waals surface area (Å²) in [6.45, 7) is 5.85. The molecular formula is C17H31IN4OS. The van der Waals surface area contributed by atoms with Crippen LogP contribution >= 0.6 is 35.3 Å². The van der Waals surface area contributed by atoms with Crippen molar-refractivity contribution in [3.63, 3.8) is 0 Å². The maximum absolute atomic E-state index is 11.8. The molecule has 138 valence electrons. The van der Waals surface area contributed by atoms with E-state index in [4.69, 9.17) is 0 Å². The van der Waals surface area contributed by atoms with Crippen molar-refractivity contribution in [1.82, 2.24) is 16.0 Å². The van der Waals surface area contributed by atoms with Crippen LogP contribution in [0.3, 0.4) is 0 Å². The second-order valence-corrected chi connectivity index (χ2v) is 6.57. The maximum Gasteiger partial charge on any atom is 0.261 e. The Kier molecular flexibility index (Phi) is 14.0. The SMILES string of the molecule is CCCCCC(C)NC(=NC)NCCCNC(=O)c1cccs1.I. The third-order valence-electron chi connectivity index (χ3n) is 3.52. The molecule has 0 spiro atoms. The quantitative estimate of drug-likeness (QED) is 0.214. The number of nitrogens with zero attached hydrogens (tertiary/aromatic N) is 1. The molecule has 1 unspecified atom stereocenters. The number of thiophene rings is 1. The summed E-state index contributed by atoms with van der Waals surface area (Å²) in [5.74, 6) is 0.839. The first-order valence-electron chi connectivity index (χ1n) is 8.46. The zero-order valence-electron chi connectivity index (χ0n) is 14.9. The fourth-order valence-electron chi connectivity index (χ4n) is 2.19. The van der Waals surface area contributed by atoms with E-state index in [1.165, 1.54) is 30.6 Å². The number of guanidine groups is 1. The van der Waals surface area contributed by atoms with Crippen molar-refractivity contribution < 1.29 is 4.79 Å². The molecule has 5 nitrogen and oxygen atoms in total. The van der Waals surface area contributed by atoms with E-state index in [1.54, 1.807) is 7.05 Å². The number of aliphatic imine (C=N–C) groups is 1. The highest BCUT2D eigenvalue weighted by molar-refractivity contribution is 14.0. The van der Waals surface area contributed by atoms with Crippen LogP contribution in [0.1, 0.15) is 55.6 Å². The lowest BCUT2D eigenvalue weighted by atomic mass is 10.1. The Morgan fingerprint density at radius 1 is 1.25 bits per heavy atom. The molecule has 0 aliphatic rings. The lowest BCUT2D eigenvalue weighted by Crippen LogP contribution is -2.43. The van der Waals surface area contributed by atoms with Crippen molar-refractivity contribution in [3.8, 4) is 0 Å². The zero-order valence-corrected chi connectivity index (χ0v) is 18.1. The molecule has 1 atom stereocenters. The van der Waals surface area contributed by atoms with Gasteiger partial charge in [-0.05, 0) is 31.2 Å². The average molecular weight is 466 g/mol. The molecule has 0 aliphatic heterocycles. The van der Waals surface area contributed by atoms with Crippen LogP contribution in [0.4, 0.5) is 0 Å². The minimum atomic E-state index is 0. The van der Waals surface area contributed by atoms with Crippen molar-refractivity contribution in [2.45, 2.75) is 52.0 Å². The van der Waals surface area contributed by atoms with Gasteiger partial charge in [-0.15, -0.1) is 35.3 Å². The Labute approximate surface area is 167 Å². The number of nitrogens with one attached hydrogen (secondary N) is 3. The second kappa shape index (κ2) is 14.5. The minimum Gasteiger partial charge on any atom is -0.356 e. The van der Waals surface area contributed by atoms with Gasteiger partial charge in [-0.25, -0.2) is 0 Å². The Balaban J connectivity index is 0.00000529. The maximum atomic E-state index is 11.8. The van der Waals surface area contributed by atoms with Crippen LogP contribution in [0, 0.1) is 0 Å². The van der Waals surface area contributed by atoms with Gasteiger partial charge in [0.2, 0.25) is 0 Å². The molecule has 1 amide bonds. The Morgan fingerprint density at radius 3 is 2.62 bits per heavy atom. The van der Waals surface area contributed by atoms with E-state index in [0.29, 0.717) is 12.6 Å². The monoisotopic (exact) mass is 466 g/mol. The Morgan fingerprint density at radius 2 is 2.00 bits per heavy atom. The molecule has 0 radical (unpaired) electrons. The standard InChI is InChI=1S/C17H30N4OS.HI/c1-4-5-6-9-14(2)21-17(18-3)20-12-8-11-19-16(22)15-10-7-13-23-15;/h7,10,13-14H,4-6,8-9,11-12H2,1-3H3,(H,19,22)(H2,18,20,21);1H. The average Bonchev–Trinajstić information content (AvgIpc) is 3.08. The first-order chi connectivity index (χ1) is 11.2. The summed E-state index contributed by atoms with van der Waals surface area (Å²) < 4.78 is 0. The third kappa shape index (κ3) is 10.1. The second-order valence-electron chi connectivity index (χ2n) is 5.63. The molecular weight excluding hydrogens is 435 g/mol. The first kappa shape index (κ1) is 23.2. The smallest absolute Gasteiger partial charge is 0.261 e. The van der Waals surface area contributed by atoms with Gasteiger partial charge in [0.05, 0.1) is 4.88 Å². The molecule has 0 aromatic carbocycles. The molecule has 0 aliphatic carbocycles. The summed E-state index contributed by atoms with van der Waals surface area (Å²) in [5, 5.41) is 11.5. The number of carbonyl (C=O) groups is 1. The van der Waals surface area contributed by atoms with E-state index >= 15 is 0 Å². The molecule has 1 rings (SSSR count). The molecule has 24 heavy (non-hydrogen) atoms. The van der Waals surface area contributed by atoms with Crippen LogP contribution in [-0.2, 0) is 0 Å². The van der Waals surface area contributed by atoms with E-state index in [-0.39, 0.29) is 29.9 Å². The fraction of sp³-hybridized carbons (Fsp3) is 0.647. The van der Waals surface area contributed by atoms with Gasteiger partial charge in [0.15, 0.2) is 5.96 Å². The molecule has 0 fully saturated rings. The summed E-state index contributed by atoms with van der Waals surface area (Å²) in [4.78, 5) is 16.8. The summed E-state index contributed by atoms with van der Waals surface area (Å²) in [6, 6.07) is 4.15. The van der Waals surface area contributed by atoms with Gasteiger partial charge >= 0.3 is 0 Å². The zero-order chi connectivity index (χ0) is 16.9. The van der Waals surface area contributed by atoms with Gasteiger partial charge in [0.25, 0.3) is 5.91 Å². The van der Waals surface area contributed by atoms with Crippen LogP contribution in [0.15, 0.2) is 22.5 Å². The van der Waals surface area contributed by atoms with E-state index < -0.39 is 0 Å². The van der Waals surface area contributed by atoms with Crippen molar-refractivity contribution in [2.24, 2.45) is 4.99 Å². The molecule has 0 bridgehead atoms. The molecule has 7 heteroatoms. The Bertz CT molecular complexity index is 465. The normalized spacial score (nSPS) is 12.2. The summed E-state index contributed by atoms with van der Waals surface area (Å²) in [7, 11) is 1.78. The lowest BCUT2D eigenvalue weighted by molar-refractivity contribution is 0.0957. The first-order valence-corrected chi connectivity index (χ1v) is 9.34. The van der Waals surface area contributed by atoms with E-state index in [2.05, 4.69) is 34.8 Å². The Hall–Kier alpha value is -0.830. The minimum absolute atomic E-state index is 0. The number of carbonyl (C=O) groups excluding carboxylic acids is 1. The number of amides is 1. The highest BCUT2D eigenvalue weighted by Gasteiger charge is 2.06. The van der Waals surface area contributed by atoms with Crippen LogP contribution in [-0.4, -0.2) is 38.0 Å². The van der Waals surface area contributed by atoms with Crippen LogP contribution in [0.2, 0.25) is 0 Å². The number of hydrogen-bond acceptors (Lipinski definition) is 3. The van der Waals surface area contributed by atoms with E-state index in [0.717, 1.165) is 30.2 Å². The highest BCUT2D eigenvalue weighted by atomic mass is 127. The van der Waals surface area contributed by atoms with Crippen molar-refractivity contribution in [1.29, 1.82) is 0 Å². The van der Waals surface area contributed by atoms with Crippen LogP contribution in [0.5, 0.6) is 0 Å². The van der Waals surface area contributed by atoms with Crippen molar-refractivity contribution in [2.75, 3.05) is 20.1 Å². The highest BCUT2D eigenvalue weighted by Crippen LogP contribution is 2.07. The third-order valence-corrected chi connectivity index (χ3v) is 4.39. The van der Waals surface area contributed by atoms with Crippen molar-refractivity contribution >= 4 is 47.2 Å². The van der Waals surface area contributed by atoms with E-state index in [9.17, 15) is 4.79 Å². The number of halogens is 1. The van der Waals surface area contributed by atoms with Crippen LogP contribution < -0.4 is 16.0 Å². The number of unbranched alkanes of at least 4 members (excludes halogenated alkanes) is 2. The van der Waals surface area contributed by atoms with Gasteiger partial charge in [0.1, 0.15) is 0 Å². The molecule has 0 saturated carbocycles.